The number of hydrogen-bond acceptors (Lipinski definition) is 1. The van der Waals surface area contributed by atoms with Crippen LogP contribution in [0.3, 0.4) is 0 Å². The zero-order valence-electron chi connectivity index (χ0n) is 10.6. The largest absolute Gasteiger partial charge is 0.356 e. The summed E-state index contributed by atoms with van der Waals surface area (Å²) in [5, 5.41) is 2.91. The Hall–Kier alpha value is -1.02. The molecule has 0 spiro atoms. The van der Waals surface area contributed by atoms with Gasteiger partial charge in [-0.2, -0.15) is 0 Å². The first kappa shape index (κ1) is 14.0. The lowest BCUT2D eigenvalue weighted by Gasteiger charge is -2.08. The smallest absolute Gasteiger partial charge is 0.220 e. The van der Waals surface area contributed by atoms with Gasteiger partial charge in [0.05, 0.1) is 0 Å². The van der Waals surface area contributed by atoms with Crippen molar-refractivity contribution in [1.82, 2.24) is 5.32 Å². The first-order valence-electron chi connectivity index (χ1n) is 6.02. The second kappa shape index (κ2) is 7.33. The van der Waals surface area contributed by atoms with Crippen LogP contribution in [0.4, 0.5) is 0 Å². The molecule has 0 heterocycles. The predicted octanol–water partition coefficient (Wildman–Crippen LogP) is 2.98. The van der Waals surface area contributed by atoms with Crippen molar-refractivity contribution in [3.8, 4) is 0 Å². The molecule has 2 nitrogen and oxygen atoms in total. The molecule has 0 unspecified atom stereocenters. The lowest BCUT2D eigenvalue weighted by atomic mass is 10.0. The van der Waals surface area contributed by atoms with Crippen molar-refractivity contribution in [2.45, 2.75) is 33.1 Å². The third-order valence-corrected chi connectivity index (χ3v) is 3.02. The van der Waals surface area contributed by atoms with Crippen LogP contribution >= 0.6 is 11.6 Å². The SMILES string of the molecule is Cc1ccc(CCNC(=O)CCCCl)c(C)c1. The standard InChI is InChI=1S/C14H20ClNO/c1-11-5-6-13(12(2)10-11)7-9-16-14(17)4-3-8-15/h5-6,10H,3-4,7-9H2,1-2H3,(H,16,17). The van der Waals surface area contributed by atoms with Gasteiger partial charge in [0.25, 0.3) is 0 Å². The van der Waals surface area contributed by atoms with Gasteiger partial charge in [-0.25, -0.2) is 0 Å². The number of rotatable bonds is 6. The molecule has 0 radical (unpaired) electrons. The molecule has 94 valence electrons. The van der Waals surface area contributed by atoms with E-state index in [0.29, 0.717) is 18.8 Å². The van der Waals surface area contributed by atoms with Crippen molar-refractivity contribution in [2.75, 3.05) is 12.4 Å². The first-order valence-corrected chi connectivity index (χ1v) is 6.55. The van der Waals surface area contributed by atoms with Gasteiger partial charge in [-0.1, -0.05) is 23.8 Å². The van der Waals surface area contributed by atoms with Crippen LogP contribution in [0.2, 0.25) is 0 Å². The lowest BCUT2D eigenvalue weighted by molar-refractivity contribution is -0.121. The highest BCUT2D eigenvalue weighted by Crippen LogP contribution is 2.10. The summed E-state index contributed by atoms with van der Waals surface area (Å²) in [7, 11) is 0. The number of amides is 1. The number of nitrogens with one attached hydrogen (secondary N) is 1. The minimum absolute atomic E-state index is 0.0930. The van der Waals surface area contributed by atoms with E-state index in [1.807, 2.05) is 0 Å². The third kappa shape index (κ3) is 5.22. The summed E-state index contributed by atoms with van der Waals surface area (Å²) >= 11 is 5.53. The number of halogens is 1. The van der Waals surface area contributed by atoms with Crippen LogP contribution < -0.4 is 5.32 Å². The molecular weight excluding hydrogens is 234 g/mol. The lowest BCUT2D eigenvalue weighted by Crippen LogP contribution is -2.25. The summed E-state index contributed by atoms with van der Waals surface area (Å²) in [6.07, 6.45) is 2.16. The molecule has 0 aromatic heterocycles. The molecular formula is C14H20ClNO. The van der Waals surface area contributed by atoms with Crippen LogP contribution in [0.15, 0.2) is 18.2 Å². The fraction of sp³-hybridized carbons (Fsp3) is 0.500. The van der Waals surface area contributed by atoms with Gasteiger partial charge in [-0.3, -0.25) is 4.79 Å². The second-order valence-corrected chi connectivity index (χ2v) is 4.70. The van der Waals surface area contributed by atoms with Crippen molar-refractivity contribution in [3.05, 3.63) is 34.9 Å². The Bertz CT molecular complexity index is 376. The number of benzene rings is 1. The normalized spacial score (nSPS) is 10.3. The van der Waals surface area contributed by atoms with E-state index in [1.165, 1.54) is 16.7 Å². The van der Waals surface area contributed by atoms with Gasteiger partial charge in [-0.15, -0.1) is 11.6 Å². The zero-order chi connectivity index (χ0) is 12.7. The summed E-state index contributed by atoms with van der Waals surface area (Å²) in [6, 6.07) is 6.41. The summed E-state index contributed by atoms with van der Waals surface area (Å²) in [5.74, 6) is 0.639. The van der Waals surface area contributed by atoms with Crippen molar-refractivity contribution in [2.24, 2.45) is 0 Å². The molecule has 0 aliphatic carbocycles. The van der Waals surface area contributed by atoms with Gasteiger partial charge in [0.1, 0.15) is 0 Å². The fourth-order valence-electron chi connectivity index (χ4n) is 1.78. The topological polar surface area (TPSA) is 29.1 Å². The molecule has 0 aliphatic rings. The minimum atomic E-state index is 0.0930. The van der Waals surface area contributed by atoms with E-state index in [9.17, 15) is 4.79 Å². The maximum Gasteiger partial charge on any atom is 0.220 e. The van der Waals surface area contributed by atoms with Gasteiger partial charge in [-0.05, 0) is 37.8 Å². The molecule has 1 aromatic carbocycles. The number of carbonyl (C=O) groups excluding carboxylic acids is 1. The van der Waals surface area contributed by atoms with Gasteiger partial charge in [0.15, 0.2) is 0 Å². The van der Waals surface area contributed by atoms with Gasteiger partial charge < -0.3 is 5.32 Å². The van der Waals surface area contributed by atoms with Gasteiger partial charge in [0, 0.05) is 18.8 Å². The van der Waals surface area contributed by atoms with E-state index >= 15 is 0 Å². The summed E-state index contributed by atoms with van der Waals surface area (Å²) in [4.78, 5) is 11.4. The molecule has 0 bridgehead atoms. The van der Waals surface area contributed by atoms with E-state index in [1.54, 1.807) is 0 Å². The molecule has 0 fully saturated rings. The van der Waals surface area contributed by atoms with Crippen LogP contribution in [-0.2, 0) is 11.2 Å². The Morgan fingerprint density at radius 2 is 2.12 bits per heavy atom. The quantitative estimate of drug-likeness (QED) is 0.776. The zero-order valence-corrected chi connectivity index (χ0v) is 11.3. The monoisotopic (exact) mass is 253 g/mol. The maximum absolute atomic E-state index is 11.4. The van der Waals surface area contributed by atoms with E-state index in [-0.39, 0.29) is 5.91 Å². The number of carbonyl (C=O) groups is 1. The third-order valence-electron chi connectivity index (χ3n) is 2.75. The molecule has 3 heteroatoms. The van der Waals surface area contributed by atoms with Crippen LogP contribution in [0.1, 0.15) is 29.5 Å². The van der Waals surface area contributed by atoms with E-state index in [0.717, 1.165) is 12.8 Å². The Balaban J connectivity index is 2.33. The van der Waals surface area contributed by atoms with Crippen molar-refractivity contribution < 1.29 is 4.79 Å². The highest BCUT2D eigenvalue weighted by Gasteiger charge is 2.02. The average molecular weight is 254 g/mol. The molecule has 1 N–H and O–H groups in total. The second-order valence-electron chi connectivity index (χ2n) is 4.32. The molecule has 17 heavy (non-hydrogen) atoms. The Morgan fingerprint density at radius 1 is 1.35 bits per heavy atom. The molecule has 1 aromatic rings. The average Bonchev–Trinajstić information content (AvgIpc) is 2.29. The van der Waals surface area contributed by atoms with Crippen LogP contribution in [0.5, 0.6) is 0 Å². The molecule has 0 atom stereocenters. The number of aryl methyl sites for hydroxylation is 2. The van der Waals surface area contributed by atoms with E-state index in [2.05, 4.69) is 37.4 Å². The van der Waals surface area contributed by atoms with Gasteiger partial charge >= 0.3 is 0 Å². The van der Waals surface area contributed by atoms with Crippen LogP contribution in [-0.4, -0.2) is 18.3 Å². The highest BCUT2D eigenvalue weighted by molar-refractivity contribution is 6.17. The Labute approximate surface area is 108 Å². The van der Waals surface area contributed by atoms with Crippen molar-refractivity contribution >= 4 is 17.5 Å². The Morgan fingerprint density at radius 3 is 2.76 bits per heavy atom. The first-order chi connectivity index (χ1) is 8.13. The molecule has 1 amide bonds. The molecule has 0 saturated carbocycles. The Kier molecular flexibility index (Phi) is 6.06. The fourth-order valence-corrected chi connectivity index (χ4v) is 1.91. The molecule has 0 aliphatic heterocycles. The van der Waals surface area contributed by atoms with Gasteiger partial charge in [0.2, 0.25) is 5.91 Å². The highest BCUT2D eigenvalue weighted by atomic mass is 35.5. The summed E-state index contributed by atoms with van der Waals surface area (Å²) < 4.78 is 0. The summed E-state index contributed by atoms with van der Waals surface area (Å²) in [6.45, 7) is 4.90. The van der Waals surface area contributed by atoms with Crippen molar-refractivity contribution in [3.63, 3.8) is 0 Å². The number of hydrogen-bond donors (Lipinski definition) is 1. The van der Waals surface area contributed by atoms with Crippen LogP contribution in [0.25, 0.3) is 0 Å². The maximum atomic E-state index is 11.4. The predicted molar refractivity (Wildman–Crippen MR) is 72.6 cm³/mol. The summed E-state index contributed by atoms with van der Waals surface area (Å²) in [5.41, 5.74) is 3.87. The van der Waals surface area contributed by atoms with Crippen LogP contribution in [0, 0.1) is 13.8 Å². The molecule has 1 rings (SSSR count). The van der Waals surface area contributed by atoms with E-state index < -0.39 is 0 Å². The molecule has 0 saturated heterocycles. The number of alkyl halides is 1. The minimum Gasteiger partial charge on any atom is -0.356 e. The van der Waals surface area contributed by atoms with E-state index in [4.69, 9.17) is 11.6 Å². The van der Waals surface area contributed by atoms with Crippen molar-refractivity contribution in [1.29, 1.82) is 0 Å².